The number of para-hydroxylation sites is 1. The first-order valence-corrected chi connectivity index (χ1v) is 5.92. The van der Waals surface area contributed by atoms with Gasteiger partial charge in [0.25, 0.3) is 0 Å². The van der Waals surface area contributed by atoms with Crippen molar-refractivity contribution in [2.75, 3.05) is 0 Å². The fourth-order valence-electron chi connectivity index (χ4n) is 1.93. The molecule has 0 unspecified atom stereocenters. The van der Waals surface area contributed by atoms with Gasteiger partial charge in [0.05, 0.1) is 17.6 Å². The highest BCUT2D eigenvalue weighted by atomic mass is 16.4. The zero-order valence-electron chi connectivity index (χ0n) is 10.8. The number of aromatic nitrogens is 2. The smallest absolute Gasteiger partial charge is 0.325 e. The molecule has 0 saturated heterocycles. The number of carbonyl (C=O) groups is 2. The average Bonchev–Trinajstić information content (AvgIpc) is 2.67. The number of carbonyl (C=O) groups excluding carboxylic acids is 1. The quantitative estimate of drug-likeness (QED) is 0.848. The molecule has 0 spiro atoms. The number of amides is 1. The number of nitrogens with one attached hydrogen (secondary N) is 1. The number of carboxylic acids is 1. The third-order valence-corrected chi connectivity index (χ3v) is 2.91. The maximum Gasteiger partial charge on any atom is 0.325 e. The monoisotopic (exact) mass is 261 g/mol. The molecule has 6 nitrogen and oxygen atoms in total. The molecule has 0 aliphatic carbocycles. The number of rotatable bonds is 4. The summed E-state index contributed by atoms with van der Waals surface area (Å²) in [7, 11) is 1.81. The van der Waals surface area contributed by atoms with E-state index in [0.717, 1.165) is 10.9 Å². The number of hydrogen-bond acceptors (Lipinski definition) is 3. The van der Waals surface area contributed by atoms with Gasteiger partial charge < -0.3 is 10.4 Å². The topological polar surface area (TPSA) is 84.2 Å². The van der Waals surface area contributed by atoms with Crippen molar-refractivity contribution in [1.82, 2.24) is 15.1 Å². The van der Waals surface area contributed by atoms with Gasteiger partial charge in [0.15, 0.2) is 0 Å². The van der Waals surface area contributed by atoms with E-state index in [1.807, 2.05) is 31.3 Å². The van der Waals surface area contributed by atoms with Crippen molar-refractivity contribution >= 4 is 22.8 Å². The van der Waals surface area contributed by atoms with Gasteiger partial charge in [-0.2, -0.15) is 5.10 Å². The minimum absolute atomic E-state index is 0.0684. The van der Waals surface area contributed by atoms with E-state index < -0.39 is 12.0 Å². The Labute approximate surface area is 110 Å². The molecule has 0 radical (unpaired) electrons. The molecule has 6 heteroatoms. The largest absolute Gasteiger partial charge is 0.480 e. The molecule has 1 amide bonds. The fraction of sp³-hybridized carbons (Fsp3) is 0.308. The molecule has 100 valence electrons. The van der Waals surface area contributed by atoms with E-state index in [-0.39, 0.29) is 12.3 Å². The summed E-state index contributed by atoms with van der Waals surface area (Å²) in [6, 6.07) is 6.70. The average molecular weight is 261 g/mol. The molecule has 0 aliphatic rings. The molecule has 0 bridgehead atoms. The van der Waals surface area contributed by atoms with Crippen LogP contribution in [0.4, 0.5) is 0 Å². The minimum Gasteiger partial charge on any atom is -0.480 e. The molecule has 1 atom stereocenters. The van der Waals surface area contributed by atoms with E-state index in [2.05, 4.69) is 10.4 Å². The maximum atomic E-state index is 11.8. The van der Waals surface area contributed by atoms with Gasteiger partial charge in [0.1, 0.15) is 6.04 Å². The van der Waals surface area contributed by atoms with Crippen molar-refractivity contribution in [3.05, 3.63) is 30.0 Å². The van der Waals surface area contributed by atoms with E-state index >= 15 is 0 Å². The summed E-state index contributed by atoms with van der Waals surface area (Å²) in [4.78, 5) is 22.4. The second kappa shape index (κ2) is 5.09. The maximum absolute atomic E-state index is 11.8. The Morgan fingerprint density at radius 2 is 2.11 bits per heavy atom. The predicted octanol–water partition coefficient (Wildman–Crippen LogP) is 0.705. The Morgan fingerprint density at radius 3 is 2.79 bits per heavy atom. The van der Waals surface area contributed by atoms with Crippen LogP contribution in [0.2, 0.25) is 0 Å². The number of carboxylic acid groups (broad SMARTS) is 1. The van der Waals surface area contributed by atoms with Crippen molar-refractivity contribution in [3.63, 3.8) is 0 Å². The van der Waals surface area contributed by atoms with Gasteiger partial charge in [-0.05, 0) is 13.0 Å². The number of nitrogens with zero attached hydrogens (tertiary/aromatic N) is 2. The third kappa shape index (κ3) is 2.73. The fourth-order valence-corrected chi connectivity index (χ4v) is 1.93. The minimum atomic E-state index is -1.06. The molecule has 2 rings (SSSR count). The Bertz CT molecular complexity index is 633. The zero-order chi connectivity index (χ0) is 14.0. The first-order valence-electron chi connectivity index (χ1n) is 5.92. The summed E-state index contributed by atoms with van der Waals surface area (Å²) >= 11 is 0. The van der Waals surface area contributed by atoms with Gasteiger partial charge in [-0.3, -0.25) is 14.3 Å². The summed E-state index contributed by atoms with van der Waals surface area (Å²) in [5.41, 5.74) is 1.59. The van der Waals surface area contributed by atoms with Crippen molar-refractivity contribution in [2.24, 2.45) is 7.05 Å². The van der Waals surface area contributed by atoms with Crippen LogP contribution >= 0.6 is 0 Å². The van der Waals surface area contributed by atoms with Crippen molar-refractivity contribution in [1.29, 1.82) is 0 Å². The molecule has 0 saturated carbocycles. The standard InChI is InChI=1S/C13H15N3O3/c1-8(13(18)19)14-12(17)7-10-9-5-3-4-6-11(9)16(2)15-10/h3-6,8H,7H2,1-2H3,(H,14,17)(H,18,19)/t8-/m1/s1. The van der Waals surface area contributed by atoms with Gasteiger partial charge in [-0.1, -0.05) is 18.2 Å². The molecule has 2 aromatic rings. The van der Waals surface area contributed by atoms with E-state index in [4.69, 9.17) is 5.11 Å². The lowest BCUT2D eigenvalue weighted by molar-refractivity contribution is -0.141. The van der Waals surface area contributed by atoms with Gasteiger partial charge in [-0.25, -0.2) is 0 Å². The highest BCUT2D eigenvalue weighted by molar-refractivity contribution is 5.89. The van der Waals surface area contributed by atoms with Crippen LogP contribution in [-0.2, 0) is 23.1 Å². The summed E-state index contributed by atoms with van der Waals surface area (Å²) < 4.78 is 1.71. The predicted molar refractivity (Wildman–Crippen MR) is 69.7 cm³/mol. The van der Waals surface area contributed by atoms with E-state index in [0.29, 0.717) is 5.69 Å². The Hall–Kier alpha value is -2.37. The molecule has 0 aliphatic heterocycles. The lowest BCUT2D eigenvalue weighted by Gasteiger charge is -2.08. The van der Waals surface area contributed by atoms with Crippen LogP contribution in [0.1, 0.15) is 12.6 Å². The Kier molecular flexibility index (Phi) is 3.50. The molecular weight excluding hydrogens is 246 g/mol. The molecular formula is C13H15N3O3. The van der Waals surface area contributed by atoms with Gasteiger partial charge >= 0.3 is 5.97 Å². The van der Waals surface area contributed by atoms with Crippen LogP contribution in [0.3, 0.4) is 0 Å². The SMILES string of the molecule is C[C@@H](NC(=O)Cc1nn(C)c2ccccc12)C(=O)O. The zero-order valence-corrected chi connectivity index (χ0v) is 10.8. The molecule has 0 fully saturated rings. The summed E-state index contributed by atoms with van der Waals surface area (Å²) in [5, 5.41) is 16.3. The molecule has 2 N–H and O–H groups in total. The lowest BCUT2D eigenvalue weighted by Crippen LogP contribution is -2.39. The molecule has 1 aromatic heterocycles. The second-order valence-electron chi connectivity index (χ2n) is 4.39. The van der Waals surface area contributed by atoms with Crippen LogP contribution in [0, 0.1) is 0 Å². The van der Waals surface area contributed by atoms with Crippen LogP contribution in [0.5, 0.6) is 0 Å². The summed E-state index contributed by atoms with van der Waals surface area (Å²) in [6.45, 7) is 1.43. The van der Waals surface area contributed by atoms with Crippen molar-refractivity contribution in [2.45, 2.75) is 19.4 Å². The number of benzene rings is 1. The first kappa shape index (κ1) is 13.1. The molecule has 19 heavy (non-hydrogen) atoms. The van der Waals surface area contributed by atoms with E-state index in [9.17, 15) is 9.59 Å². The number of aliphatic carboxylic acids is 1. The van der Waals surface area contributed by atoms with Crippen LogP contribution in [0.25, 0.3) is 10.9 Å². The summed E-state index contributed by atoms with van der Waals surface area (Å²) in [5.74, 6) is -1.40. The van der Waals surface area contributed by atoms with E-state index in [1.54, 1.807) is 4.68 Å². The normalized spacial score (nSPS) is 12.3. The highest BCUT2D eigenvalue weighted by Crippen LogP contribution is 2.17. The van der Waals surface area contributed by atoms with Crippen molar-refractivity contribution < 1.29 is 14.7 Å². The molecule has 1 heterocycles. The Balaban J connectivity index is 2.18. The number of aryl methyl sites for hydroxylation is 1. The highest BCUT2D eigenvalue weighted by Gasteiger charge is 2.16. The second-order valence-corrected chi connectivity index (χ2v) is 4.39. The lowest BCUT2D eigenvalue weighted by atomic mass is 10.1. The number of hydrogen-bond donors (Lipinski definition) is 2. The van der Waals surface area contributed by atoms with Crippen molar-refractivity contribution in [3.8, 4) is 0 Å². The summed E-state index contributed by atoms with van der Waals surface area (Å²) in [6.07, 6.45) is 0.0684. The van der Waals surface area contributed by atoms with E-state index in [1.165, 1.54) is 6.92 Å². The van der Waals surface area contributed by atoms with Crippen LogP contribution in [0.15, 0.2) is 24.3 Å². The van der Waals surface area contributed by atoms with Crippen LogP contribution < -0.4 is 5.32 Å². The van der Waals surface area contributed by atoms with Gasteiger partial charge in [0.2, 0.25) is 5.91 Å². The first-order chi connectivity index (χ1) is 8.99. The number of fused-ring (bicyclic) bond motifs is 1. The van der Waals surface area contributed by atoms with Gasteiger partial charge in [-0.15, -0.1) is 0 Å². The molecule has 1 aromatic carbocycles. The Morgan fingerprint density at radius 1 is 1.42 bits per heavy atom. The third-order valence-electron chi connectivity index (χ3n) is 2.91. The van der Waals surface area contributed by atoms with Crippen LogP contribution in [-0.4, -0.2) is 32.8 Å². The van der Waals surface area contributed by atoms with Gasteiger partial charge in [0, 0.05) is 12.4 Å².